The van der Waals surface area contributed by atoms with Crippen molar-refractivity contribution in [2.24, 2.45) is 10.7 Å². The van der Waals surface area contributed by atoms with E-state index in [0.717, 1.165) is 0 Å². The quantitative estimate of drug-likeness (QED) is 0.619. The Morgan fingerprint density at radius 3 is 2.44 bits per heavy atom. The molecule has 0 unspecified atom stereocenters. The van der Waals surface area contributed by atoms with Crippen LogP contribution in [-0.2, 0) is 0 Å². The SMILES string of the molecule is C=N/C=C(N)\C(C)=C/c1c(F)cccc1F. The molecule has 0 spiro atoms. The topological polar surface area (TPSA) is 38.4 Å². The third-order valence-corrected chi connectivity index (χ3v) is 2.05. The number of allylic oxidation sites excluding steroid dienone is 1. The number of rotatable bonds is 3. The molecule has 4 heteroatoms. The zero-order chi connectivity index (χ0) is 12.1. The maximum Gasteiger partial charge on any atom is 0.133 e. The van der Waals surface area contributed by atoms with Gasteiger partial charge in [0.15, 0.2) is 0 Å². The van der Waals surface area contributed by atoms with Crippen LogP contribution in [0.2, 0.25) is 0 Å². The highest BCUT2D eigenvalue weighted by atomic mass is 19.1. The summed E-state index contributed by atoms with van der Waals surface area (Å²) in [5.41, 5.74) is 6.32. The van der Waals surface area contributed by atoms with Crippen molar-refractivity contribution in [2.45, 2.75) is 6.92 Å². The summed E-state index contributed by atoms with van der Waals surface area (Å²) in [6.45, 7) is 4.89. The molecular weight excluding hydrogens is 210 g/mol. The monoisotopic (exact) mass is 222 g/mol. The molecule has 1 aromatic rings. The molecule has 0 aromatic heterocycles. The van der Waals surface area contributed by atoms with E-state index in [1.54, 1.807) is 6.92 Å². The van der Waals surface area contributed by atoms with Crippen molar-refractivity contribution in [3.63, 3.8) is 0 Å². The first-order valence-electron chi connectivity index (χ1n) is 4.60. The van der Waals surface area contributed by atoms with Gasteiger partial charge in [0.1, 0.15) is 11.6 Å². The highest BCUT2D eigenvalue weighted by Gasteiger charge is 2.06. The lowest BCUT2D eigenvalue weighted by molar-refractivity contribution is 0.578. The summed E-state index contributed by atoms with van der Waals surface area (Å²) < 4.78 is 26.6. The molecule has 2 nitrogen and oxygen atoms in total. The van der Waals surface area contributed by atoms with Gasteiger partial charge in [0.2, 0.25) is 0 Å². The zero-order valence-electron chi connectivity index (χ0n) is 8.87. The summed E-state index contributed by atoms with van der Waals surface area (Å²) in [6.07, 6.45) is 2.66. The highest BCUT2D eigenvalue weighted by molar-refractivity contribution is 5.58. The van der Waals surface area contributed by atoms with Crippen molar-refractivity contribution in [1.29, 1.82) is 0 Å². The standard InChI is InChI=1S/C12H12F2N2/c1-8(12(15)7-16-2)6-9-10(13)4-3-5-11(9)14/h3-7H,2,15H2,1H3/b8-6-,12-7+. The average molecular weight is 222 g/mol. The molecule has 0 atom stereocenters. The van der Waals surface area contributed by atoms with Crippen LogP contribution < -0.4 is 5.73 Å². The third kappa shape index (κ3) is 2.76. The van der Waals surface area contributed by atoms with Gasteiger partial charge in [-0.25, -0.2) is 8.78 Å². The van der Waals surface area contributed by atoms with Crippen molar-refractivity contribution in [3.8, 4) is 0 Å². The summed E-state index contributed by atoms with van der Waals surface area (Å²) in [4.78, 5) is 3.48. The van der Waals surface area contributed by atoms with Gasteiger partial charge in [-0.1, -0.05) is 6.07 Å². The molecule has 0 heterocycles. The Morgan fingerprint density at radius 2 is 1.94 bits per heavy atom. The van der Waals surface area contributed by atoms with E-state index in [1.165, 1.54) is 30.5 Å². The van der Waals surface area contributed by atoms with Gasteiger partial charge in [-0.15, -0.1) is 0 Å². The molecule has 0 radical (unpaired) electrons. The number of nitrogens with two attached hydrogens (primary N) is 1. The predicted molar refractivity (Wildman–Crippen MR) is 61.8 cm³/mol. The molecule has 0 amide bonds. The van der Waals surface area contributed by atoms with Crippen molar-refractivity contribution in [2.75, 3.05) is 0 Å². The Balaban J connectivity index is 3.17. The lowest BCUT2D eigenvalue weighted by Gasteiger charge is -2.03. The number of nitrogens with zero attached hydrogens (tertiary/aromatic N) is 1. The molecule has 0 saturated carbocycles. The Morgan fingerprint density at radius 1 is 1.38 bits per heavy atom. The van der Waals surface area contributed by atoms with Gasteiger partial charge in [0.25, 0.3) is 0 Å². The number of hydrogen-bond donors (Lipinski definition) is 1. The minimum atomic E-state index is -0.626. The fraction of sp³-hybridized carbons (Fsp3) is 0.0833. The van der Waals surface area contributed by atoms with Crippen molar-refractivity contribution in [1.82, 2.24) is 0 Å². The second kappa shape index (κ2) is 5.21. The van der Waals surface area contributed by atoms with Crippen molar-refractivity contribution in [3.05, 3.63) is 52.9 Å². The first-order valence-corrected chi connectivity index (χ1v) is 4.60. The summed E-state index contributed by atoms with van der Waals surface area (Å²) in [6, 6.07) is 3.68. The van der Waals surface area contributed by atoms with Crippen molar-refractivity contribution >= 4 is 12.8 Å². The largest absolute Gasteiger partial charge is 0.397 e. The highest BCUT2D eigenvalue weighted by Crippen LogP contribution is 2.17. The van der Waals surface area contributed by atoms with E-state index in [9.17, 15) is 8.78 Å². The minimum Gasteiger partial charge on any atom is -0.397 e. The van der Waals surface area contributed by atoms with E-state index in [4.69, 9.17) is 5.73 Å². The molecule has 84 valence electrons. The molecule has 0 fully saturated rings. The molecule has 0 aliphatic carbocycles. The van der Waals surface area contributed by atoms with Gasteiger partial charge >= 0.3 is 0 Å². The Kier molecular flexibility index (Phi) is 3.94. The minimum absolute atomic E-state index is 0.111. The van der Waals surface area contributed by atoms with Crippen LogP contribution in [0.5, 0.6) is 0 Å². The van der Waals surface area contributed by atoms with Crippen LogP contribution in [0.1, 0.15) is 12.5 Å². The molecule has 0 saturated heterocycles. The summed E-state index contributed by atoms with van der Waals surface area (Å²) in [5.74, 6) is -1.25. The predicted octanol–water partition coefficient (Wildman–Crippen LogP) is 2.87. The third-order valence-electron chi connectivity index (χ3n) is 2.05. The number of benzene rings is 1. The molecular formula is C12H12F2N2. The van der Waals surface area contributed by atoms with E-state index in [2.05, 4.69) is 11.7 Å². The lowest BCUT2D eigenvalue weighted by Crippen LogP contribution is -1.99. The lowest BCUT2D eigenvalue weighted by atomic mass is 10.1. The van der Waals surface area contributed by atoms with Crippen LogP contribution in [0.15, 0.2) is 40.7 Å². The molecule has 1 rings (SSSR count). The molecule has 1 aromatic carbocycles. The van der Waals surface area contributed by atoms with E-state index in [-0.39, 0.29) is 5.56 Å². The summed E-state index contributed by atoms with van der Waals surface area (Å²) in [5, 5.41) is 0. The van der Waals surface area contributed by atoms with E-state index in [0.29, 0.717) is 11.3 Å². The van der Waals surface area contributed by atoms with E-state index < -0.39 is 11.6 Å². The van der Waals surface area contributed by atoms with Gasteiger partial charge in [-0.2, -0.15) is 0 Å². The van der Waals surface area contributed by atoms with Gasteiger partial charge in [-0.3, -0.25) is 4.99 Å². The van der Waals surface area contributed by atoms with Crippen LogP contribution in [0.25, 0.3) is 6.08 Å². The second-order valence-electron chi connectivity index (χ2n) is 3.23. The summed E-state index contributed by atoms with van der Waals surface area (Å²) in [7, 11) is 0. The van der Waals surface area contributed by atoms with Crippen LogP contribution in [0.4, 0.5) is 8.78 Å². The fourth-order valence-corrected chi connectivity index (χ4v) is 1.15. The maximum absolute atomic E-state index is 13.3. The van der Waals surface area contributed by atoms with E-state index >= 15 is 0 Å². The van der Waals surface area contributed by atoms with Crippen molar-refractivity contribution < 1.29 is 8.78 Å². The van der Waals surface area contributed by atoms with Gasteiger partial charge in [-0.05, 0) is 37.4 Å². The average Bonchev–Trinajstić information content (AvgIpc) is 2.23. The fourth-order valence-electron chi connectivity index (χ4n) is 1.15. The number of halogens is 2. The molecule has 0 aliphatic rings. The van der Waals surface area contributed by atoms with Gasteiger partial charge < -0.3 is 5.73 Å². The second-order valence-corrected chi connectivity index (χ2v) is 3.23. The first kappa shape index (κ1) is 12.1. The Labute approximate surface area is 92.8 Å². The van der Waals surface area contributed by atoms with Crippen LogP contribution >= 0.6 is 0 Å². The van der Waals surface area contributed by atoms with E-state index in [1.807, 2.05) is 0 Å². The molecule has 16 heavy (non-hydrogen) atoms. The van der Waals surface area contributed by atoms with Crippen LogP contribution in [-0.4, -0.2) is 6.72 Å². The molecule has 2 N–H and O–H groups in total. The normalized spacial score (nSPS) is 12.7. The van der Waals surface area contributed by atoms with Gasteiger partial charge in [0, 0.05) is 11.8 Å². The van der Waals surface area contributed by atoms with Crippen LogP contribution in [0.3, 0.4) is 0 Å². The molecule has 0 bridgehead atoms. The Bertz CT molecular complexity index is 442. The molecule has 0 aliphatic heterocycles. The Hall–Kier alpha value is -1.97. The number of hydrogen-bond acceptors (Lipinski definition) is 2. The summed E-state index contributed by atoms with van der Waals surface area (Å²) >= 11 is 0. The smallest absolute Gasteiger partial charge is 0.133 e. The van der Waals surface area contributed by atoms with Crippen LogP contribution in [0, 0.1) is 11.6 Å². The maximum atomic E-state index is 13.3. The zero-order valence-corrected chi connectivity index (χ0v) is 8.87. The first-order chi connectivity index (χ1) is 7.56. The number of aliphatic imine (C=N–C) groups is 1. The van der Waals surface area contributed by atoms with Gasteiger partial charge in [0.05, 0.1) is 5.70 Å².